The van der Waals surface area contributed by atoms with Crippen molar-refractivity contribution < 1.29 is 4.74 Å². The zero-order valence-electron chi connectivity index (χ0n) is 10.3. The summed E-state index contributed by atoms with van der Waals surface area (Å²) in [6, 6.07) is 8.59. The van der Waals surface area contributed by atoms with Gasteiger partial charge in [-0.05, 0) is 25.3 Å². The third-order valence-corrected chi connectivity index (χ3v) is 3.76. The number of para-hydroxylation sites is 1. The number of benzene rings is 1. The van der Waals surface area contributed by atoms with E-state index in [1.807, 2.05) is 30.9 Å². The van der Waals surface area contributed by atoms with Gasteiger partial charge in [0.25, 0.3) is 0 Å². The highest BCUT2D eigenvalue weighted by molar-refractivity contribution is 7.99. The molecule has 1 N–H and O–H groups in total. The molecule has 0 amide bonds. The van der Waals surface area contributed by atoms with Gasteiger partial charge in [0, 0.05) is 17.4 Å². The number of methoxy groups -OCH3 is 1. The molecular formula is C13H21NOS. The van der Waals surface area contributed by atoms with Gasteiger partial charge >= 0.3 is 0 Å². The Hall–Kier alpha value is -0.670. The number of hydrogen-bond donors (Lipinski definition) is 1. The molecule has 2 nitrogen and oxygen atoms in total. The summed E-state index contributed by atoms with van der Waals surface area (Å²) in [6.07, 6.45) is 1.23. The van der Waals surface area contributed by atoms with E-state index in [1.165, 1.54) is 17.7 Å². The van der Waals surface area contributed by atoms with E-state index in [4.69, 9.17) is 4.74 Å². The minimum atomic E-state index is 0.368. The van der Waals surface area contributed by atoms with Gasteiger partial charge in [0.1, 0.15) is 5.75 Å². The van der Waals surface area contributed by atoms with Crippen LogP contribution in [0.2, 0.25) is 0 Å². The molecule has 0 fully saturated rings. The lowest BCUT2D eigenvalue weighted by Crippen LogP contribution is -2.19. The van der Waals surface area contributed by atoms with Gasteiger partial charge in [-0.15, -0.1) is 0 Å². The van der Waals surface area contributed by atoms with Gasteiger partial charge in [0.15, 0.2) is 0 Å². The fourth-order valence-corrected chi connectivity index (χ4v) is 2.67. The van der Waals surface area contributed by atoms with Crippen LogP contribution >= 0.6 is 11.8 Å². The number of ether oxygens (including phenoxy) is 1. The summed E-state index contributed by atoms with van der Waals surface area (Å²) in [4.78, 5) is 0. The van der Waals surface area contributed by atoms with Crippen molar-refractivity contribution in [2.75, 3.05) is 25.7 Å². The zero-order chi connectivity index (χ0) is 11.8. The van der Waals surface area contributed by atoms with E-state index in [0.717, 1.165) is 11.5 Å². The van der Waals surface area contributed by atoms with Gasteiger partial charge in [-0.2, -0.15) is 11.8 Å². The first-order valence-electron chi connectivity index (χ1n) is 5.71. The third-order valence-electron chi connectivity index (χ3n) is 2.50. The lowest BCUT2D eigenvalue weighted by molar-refractivity contribution is 0.404. The molecule has 0 heterocycles. The summed E-state index contributed by atoms with van der Waals surface area (Å²) in [6.45, 7) is 2.21. The quantitative estimate of drug-likeness (QED) is 0.739. The van der Waals surface area contributed by atoms with Crippen LogP contribution in [-0.4, -0.2) is 25.7 Å². The van der Waals surface area contributed by atoms with Gasteiger partial charge in [-0.3, -0.25) is 0 Å². The number of nitrogens with one attached hydrogen (secondary N) is 1. The van der Waals surface area contributed by atoms with Crippen LogP contribution in [0.3, 0.4) is 0 Å². The van der Waals surface area contributed by atoms with E-state index in [1.54, 1.807) is 7.11 Å². The van der Waals surface area contributed by atoms with Gasteiger partial charge < -0.3 is 10.1 Å². The smallest absolute Gasteiger partial charge is 0.123 e. The largest absolute Gasteiger partial charge is 0.496 e. The molecule has 1 unspecified atom stereocenters. The first kappa shape index (κ1) is 13.4. The van der Waals surface area contributed by atoms with Crippen LogP contribution < -0.4 is 10.1 Å². The van der Waals surface area contributed by atoms with Gasteiger partial charge in [0.05, 0.1) is 7.11 Å². The van der Waals surface area contributed by atoms with Crippen LogP contribution in [0, 0.1) is 0 Å². The normalized spacial score (nSPS) is 12.4. The molecule has 0 radical (unpaired) electrons. The van der Waals surface area contributed by atoms with Crippen molar-refractivity contribution in [3.8, 4) is 5.75 Å². The summed E-state index contributed by atoms with van der Waals surface area (Å²) in [7, 11) is 3.73. The molecule has 16 heavy (non-hydrogen) atoms. The Bertz CT molecular complexity index is 304. The maximum absolute atomic E-state index is 5.39. The van der Waals surface area contributed by atoms with E-state index >= 15 is 0 Å². The van der Waals surface area contributed by atoms with Crippen molar-refractivity contribution in [3.63, 3.8) is 0 Å². The molecule has 0 saturated carbocycles. The highest BCUT2D eigenvalue weighted by Crippen LogP contribution is 2.27. The molecular weight excluding hydrogens is 218 g/mol. The number of thioether (sulfide) groups is 1. The fraction of sp³-hybridized carbons (Fsp3) is 0.538. The molecule has 0 aromatic heterocycles. The van der Waals surface area contributed by atoms with Crippen LogP contribution in [0.25, 0.3) is 0 Å². The highest BCUT2D eigenvalue weighted by Gasteiger charge is 2.13. The molecule has 0 spiro atoms. The summed E-state index contributed by atoms with van der Waals surface area (Å²) in [5, 5.41) is 3.35. The van der Waals surface area contributed by atoms with Crippen LogP contribution in [0.4, 0.5) is 0 Å². The summed E-state index contributed by atoms with van der Waals surface area (Å²) in [5.74, 6) is 3.27. The molecule has 1 aromatic carbocycles. The van der Waals surface area contributed by atoms with Crippen molar-refractivity contribution in [1.82, 2.24) is 5.32 Å². The molecule has 1 atom stereocenters. The maximum atomic E-state index is 5.39. The topological polar surface area (TPSA) is 21.3 Å². The average Bonchev–Trinajstić information content (AvgIpc) is 2.35. The Balaban J connectivity index is 2.69. The van der Waals surface area contributed by atoms with Crippen LogP contribution in [-0.2, 0) is 0 Å². The van der Waals surface area contributed by atoms with E-state index in [9.17, 15) is 0 Å². The van der Waals surface area contributed by atoms with Gasteiger partial charge in [0.2, 0.25) is 0 Å². The van der Waals surface area contributed by atoms with Crippen molar-refractivity contribution in [3.05, 3.63) is 29.8 Å². The van der Waals surface area contributed by atoms with Crippen molar-refractivity contribution in [1.29, 1.82) is 0 Å². The van der Waals surface area contributed by atoms with E-state index < -0.39 is 0 Å². The Kier molecular flexibility index (Phi) is 6.34. The van der Waals surface area contributed by atoms with Gasteiger partial charge in [-0.25, -0.2) is 0 Å². The Morgan fingerprint density at radius 2 is 2.12 bits per heavy atom. The molecule has 0 aliphatic rings. The maximum Gasteiger partial charge on any atom is 0.123 e. The van der Waals surface area contributed by atoms with Crippen LogP contribution in [0.5, 0.6) is 5.75 Å². The average molecular weight is 239 g/mol. The number of rotatable bonds is 7. The lowest BCUT2D eigenvalue weighted by Gasteiger charge is -2.18. The highest BCUT2D eigenvalue weighted by atomic mass is 32.2. The second kappa shape index (κ2) is 7.58. The van der Waals surface area contributed by atoms with Crippen LogP contribution in [0.15, 0.2) is 24.3 Å². The summed E-state index contributed by atoms with van der Waals surface area (Å²) in [5.41, 5.74) is 1.25. The Labute approximate surface area is 103 Å². The molecule has 0 aliphatic carbocycles. The van der Waals surface area contributed by atoms with Crippen molar-refractivity contribution >= 4 is 11.8 Å². The number of hydrogen-bond acceptors (Lipinski definition) is 3. The Morgan fingerprint density at radius 3 is 2.75 bits per heavy atom. The minimum Gasteiger partial charge on any atom is -0.496 e. The van der Waals surface area contributed by atoms with Gasteiger partial charge in [-0.1, -0.05) is 25.1 Å². The fourth-order valence-electron chi connectivity index (χ4n) is 1.63. The van der Waals surface area contributed by atoms with Crippen molar-refractivity contribution in [2.45, 2.75) is 19.4 Å². The molecule has 0 saturated heterocycles. The monoisotopic (exact) mass is 239 g/mol. The second-order valence-corrected chi connectivity index (χ2v) is 4.81. The molecule has 90 valence electrons. The van der Waals surface area contributed by atoms with E-state index in [0.29, 0.717) is 6.04 Å². The SMILES string of the molecule is CCCSCC(NC)c1ccccc1OC. The second-order valence-electron chi connectivity index (χ2n) is 3.66. The third kappa shape index (κ3) is 3.72. The first-order valence-corrected chi connectivity index (χ1v) is 6.86. The molecule has 0 bridgehead atoms. The summed E-state index contributed by atoms with van der Waals surface area (Å²) < 4.78 is 5.39. The van der Waals surface area contributed by atoms with Crippen LogP contribution in [0.1, 0.15) is 24.9 Å². The van der Waals surface area contributed by atoms with E-state index in [2.05, 4.69) is 24.4 Å². The first-order chi connectivity index (χ1) is 7.83. The standard InChI is InChI=1S/C13H21NOS/c1-4-9-16-10-12(14-2)11-7-5-6-8-13(11)15-3/h5-8,12,14H,4,9-10H2,1-3H3. The minimum absolute atomic E-state index is 0.368. The van der Waals surface area contributed by atoms with Crippen molar-refractivity contribution in [2.24, 2.45) is 0 Å². The Morgan fingerprint density at radius 1 is 1.38 bits per heavy atom. The summed E-state index contributed by atoms with van der Waals surface area (Å²) >= 11 is 1.98. The molecule has 1 rings (SSSR count). The lowest BCUT2D eigenvalue weighted by atomic mass is 10.1. The predicted octanol–water partition coefficient (Wildman–Crippen LogP) is 3.10. The molecule has 3 heteroatoms. The predicted molar refractivity (Wildman–Crippen MR) is 72.4 cm³/mol. The zero-order valence-corrected chi connectivity index (χ0v) is 11.1. The molecule has 0 aliphatic heterocycles. The molecule has 1 aromatic rings. The van der Waals surface area contributed by atoms with E-state index in [-0.39, 0.29) is 0 Å².